The standard InChI is InChI=1S/C23H28N4O3/c1-16-7-9-26(10-8-16)23(29)27-11-12-30-21-6-4-17(13-19(21)15-27)20-5-3-18(14-25-20)22(28)24-2/h3-6,13-14,16H,7-12,15H2,1-2H3,(H,24,28). The molecule has 7 nitrogen and oxygen atoms in total. The second-order valence-corrected chi connectivity index (χ2v) is 8.06. The molecule has 1 fully saturated rings. The first-order chi connectivity index (χ1) is 14.5. The van der Waals surface area contributed by atoms with Crippen molar-refractivity contribution in [1.82, 2.24) is 20.1 Å². The first-order valence-electron chi connectivity index (χ1n) is 10.5. The van der Waals surface area contributed by atoms with Gasteiger partial charge in [-0.2, -0.15) is 0 Å². The lowest BCUT2D eigenvalue weighted by Gasteiger charge is -2.34. The number of nitrogens with one attached hydrogen (secondary N) is 1. The van der Waals surface area contributed by atoms with E-state index in [0.717, 1.165) is 48.5 Å². The summed E-state index contributed by atoms with van der Waals surface area (Å²) in [6.45, 7) is 5.48. The summed E-state index contributed by atoms with van der Waals surface area (Å²) in [6, 6.07) is 9.62. The third kappa shape index (κ3) is 4.25. The highest BCUT2D eigenvalue weighted by Gasteiger charge is 2.27. The molecular weight excluding hydrogens is 380 g/mol. The van der Waals surface area contributed by atoms with E-state index in [0.29, 0.717) is 31.2 Å². The lowest BCUT2D eigenvalue weighted by Crippen LogP contribution is -2.46. The van der Waals surface area contributed by atoms with Crippen LogP contribution < -0.4 is 10.1 Å². The lowest BCUT2D eigenvalue weighted by molar-refractivity contribution is 0.0962. The van der Waals surface area contributed by atoms with E-state index in [2.05, 4.69) is 17.2 Å². The number of nitrogens with zero attached hydrogens (tertiary/aromatic N) is 3. The average Bonchev–Trinajstić information content (AvgIpc) is 3.00. The summed E-state index contributed by atoms with van der Waals surface area (Å²) in [5.74, 6) is 1.33. The molecule has 3 amide bonds. The minimum absolute atomic E-state index is 0.0943. The molecule has 7 heteroatoms. The summed E-state index contributed by atoms with van der Waals surface area (Å²) < 4.78 is 5.90. The van der Waals surface area contributed by atoms with Crippen LogP contribution in [0.15, 0.2) is 36.5 Å². The number of hydrogen-bond donors (Lipinski definition) is 1. The molecule has 0 bridgehead atoms. The molecule has 4 rings (SSSR count). The molecule has 1 saturated heterocycles. The molecule has 0 unspecified atom stereocenters. The Morgan fingerprint density at radius 3 is 2.60 bits per heavy atom. The second-order valence-electron chi connectivity index (χ2n) is 8.06. The number of fused-ring (bicyclic) bond motifs is 1. The van der Waals surface area contributed by atoms with Gasteiger partial charge in [0.15, 0.2) is 0 Å². The largest absolute Gasteiger partial charge is 0.491 e. The summed E-state index contributed by atoms with van der Waals surface area (Å²) in [6.07, 6.45) is 3.70. The van der Waals surface area contributed by atoms with Gasteiger partial charge in [0.25, 0.3) is 5.91 Å². The van der Waals surface area contributed by atoms with Crippen molar-refractivity contribution in [2.45, 2.75) is 26.3 Å². The van der Waals surface area contributed by atoms with Crippen LogP contribution in [0.25, 0.3) is 11.3 Å². The quantitative estimate of drug-likeness (QED) is 0.828. The van der Waals surface area contributed by atoms with Crippen LogP contribution in [0.3, 0.4) is 0 Å². The van der Waals surface area contributed by atoms with Crippen molar-refractivity contribution in [3.63, 3.8) is 0 Å². The van der Waals surface area contributed by atoms with E-state index in [9.17, 15) is 9.59 Å². The molecule has 0 radical (unpaired) electrons. The Morgan fingerprint density at radius 2 is 1.90 bits per heavy atom. The van der Waals surface area contributed by atoms with Gasteiger partial charge in [-0.3, -0.25) is 9.78 Å². The van der Waals surface area contributed by atoms with Crippen LogP contribution in [-0.2, 0) is 6.54 Å². The molecule has 158 valence electrons. The second kappa shape index (κ2) is 8.73. The van der Waals surface area contributed by atoms with Gasteiger partial charge in [-0.15, -0.1) is 0 Å². The third-order valence-electron chi connectivity index (χ3n) is 5.91. The van der Waals surface area contributed by atoms with E-state index in [4.69, 9.17) is 4.74 Å². The fraction of sp³-hybridized carbons (Fsp3) is 0.435. The molecule has 2 aliphatic heterocycles. The smallest absolute Gasteiger partial charge is 0.320 e. The summed E-state index contributed by atoms with van der Waals surface area (Å²) in [7, 11) is 1.60. The van der Waals surface area contributed by atoms with Crippen molar-refractivity contribution in [3.05, 3.63) is 47.7 Å². The Kier molecular flexibility index (Phi) is 5.88. The number of hydrogen-bond acceptors (Lipinski definition) is 4. The van der Waals surface area contributed by atoms with Gasteiger partial charge < -0.3 is 19.9 Å². The van der Waals surface area contributed by atoms with E-state index in [-0.39, 0.29) is 11.9 Å². The fourth-order valence-corrected chi connectivity index (χ4v) is 3.96. The maximum atomic E-state index is 13.1. The van der Waals surface area contributed by atoms with Crippen molar-refractivity contribution in [2.75, 3.05) is 33.3 Å². The predicted molar refractivity (Wildman–Crippen MR) is 114 cm³/mol. The zero-order chi connectivity index (χ0) is 21.1. The van der Waals surface area contributed by atoms with Gasteiger partial charge in [0.1, 0.15) is 12.4 Å². The number of carbonyl (C=O) groups is 2. The molecule has 2 aliphatic rings. The number of carbonyl (C=O) groups excluding carboxylic acids is 2. The summed E-state index contributed by atoms with van der Waals surface area (Å²) in [5.41, 5.74) is 3.20. The van der Waals surface area contributed by atoms with E-state index in [1.807, 2.05) is 34.1 Å². The molecule has 1 aromatic carbocycles. The van der Waals surface area contributed by atoms with Gasteiger partial charge in [0, 0.05) is 37.5 Å². The Balaban J connectivity index is 1.53. The number of likely N-dealkylation sites (tertiary alicyclic amines) is 1. The van der Waals surface area contributed by atoms with Crippen LogP contribution in [0.4, 0.5) is 4.79 Å². The zero-order valence-corrected chi connectivity index (χ0v) is 17.6. The lowest BCUT2D eigenvalue weighted by atomic mass is 9.99. The van der Waals surface area contributed by atoms with E-state index in [1.54, 1.807) is 19.3 Å². The monoisotopic (exact) mass is 408 g/mol. The Bertz CT molecular complexity index is 921. The van der Waals surface area contributed by atoms with Crippen LogP contribution in [-0.4, -0.2) is 60.0 Å². The minimum atomic E-state index is -0.161. The molecule has 2 aromatic rings. The number of benzene rings is 1. The summed E-state index contributed by atoms with van der Waals surface area (Å²) in [4.78, 5) is 33.1. The van der Waals surface area contributed by atoms with Crippen molar-refractivity contribution in [2.24, 2.45) is 5.92 Å². The first kappa shape index (κ1) is 20.2. The van der Waals surface area contributed by atoms with Crippen LogP contribution in [0, 0.1) is 5.92 Å². The molecule has 0 aliphatic carbocycles. The van der Waals surface area contributed by atoms with Crippen LogP contribution in [0.5, 0.6) is 5.75 Å². The summed E-state index contributed by atoms with van der Waals surface area (Å²) in [5, 5.41) is 2.60. The number of pyridine rings is 1. The summed E-state index contributed by atoms with van der Waals surface area (Å²) >= 11 is 0. The molecule has 30 heavy (non-hydrogen) atoms. The Hall–Kier alpha value is -3.09. The van der Waals surface area contributed by atoms with E-state index in [1.165, 1.54) is 0 Å². The number of amides is 3. The van der Waals surface area contributed by atoms with Crippen molar-refractivity contribution >= 4 is 11.9 Å². The van der Waals surface area contributed by atoms with Crippen LogP contribution in [0.2, 0.25) is 0 Å². The molecule has 0 saturated carbocycles. The van der Waals surface area contributed by atoms with Gasteiger partial charge in [-0.1, -0.05) is 6.92 Å². The third-order valence-corrected chi connectivity index (χ3v) is 5.91. The fourth-order valence-electron chi connectivity index (χ4n) is 3.96. The van der Waals surface area contributed by atoms with Gasteiger partial charge in [0.2, 0.25) is 0 Å². The molecule has 0 spiro atoms. The predicted octanol–water partition coefficient (Wildman–Crippen LogP) is 3.15. The van der Waals surface area contributed by atoms with Gasteiger partial charge >= 0.3 is 6.03 Å². The molecular formula is C23H28N4O3. The first-order valence-corrected chi connectivity index (χ1v) is 10.5. The Labute approximate surface area is 177 Å². The Morgan fingerprint density at radius 1 is 1.10 bits per heavy atom. The number of rotatable bonds is 2. The number of urea groups is 1. The highest BCUT2D eigenvalue weighted by Crippen LogP contribution is 2.29. The molecule has 0 atom stereocenters. The number of piperidine rings is 1. The molecule has 1 aromatic heterocycles. The maximum absolute atomic E-state index is 13.1. The SMILES string of the molecule is CNC(=O)c1ccc(-c2ccc3c(c2)CN(C(=O)N2CCC(C)CC2)CCO3)nc1. The average molecular weight is 409 g/mol. The van der Waals surface area contributed by atoms with E-state index >= 15 is 0 Å². The normalized spacial score (nSPS) is 17.0. The zero-order valence-electron chi connectivity index (χ0n) is 17.6. The van der Waals surface area contributed by atoms with Crippen LogP contribution in [0.1, 0.15) is 35.7 Å². The topological polar surface area (TPSA) is 74.8 Å². The van der Waals surface area contributed by atoms with Gasteiger partial charge in [0.05, 0.1) is 24.3 Å². The molecule has 1 N–H and O–H groups in total. The van der Waals surface area contributed by atoms with Crippen LogP contribution >= 0.6 is 0 Å². The van der Waals surface area contributed by atoms with E-state index < -0.39 is 0 Å². The number of ether oxygens (including phenoxy) is 1. The molecule has 3 heterocycles. The van der Waals surface area contributed by atoms with Gasteiger partial charge in [-0.25, -0.2) is 4.79 Å². The number of aromatic nitrogens is 1. The van der Waals surface area contributed by atoms with Crippen molar-refractivity contribution < 1.29 is 14.3 Å². The van der Waals surface area contributed by atoms with Crippen molar-refractivity contribution in [1.29, 1.82) is 0 Å². The minimum Gasteiger partial charge on any atom is -0.491 e. The maximum Gasteiger partial charge on any atom is 0.320 e. The highest BCUT2D eigenvalue weighted by molar-refractivity contribution is 5.93. The van der Waals surface area contributed by atoms with Gasteiger partial charge in [-0.05, 0) is 49.1 Å². The highest BCUT2D eigenvalue weighted by atomic mass is 16.5. The van der Waals surface area contributed by atoms with Crippen molar-refractivity contribution in [3.8, 4) is 17.0 Å².